The average Bonchev–Trinajstić information content (AvgIpc) is 3.46. The molecule has 1 saturated carbocycles. The molecular weight excluding hydrogens is 419 g/mol. The number of aryl methyl sites for hydroxylation is 1. The van der Waals surface area contributed by atoms with Gasteiger partial charge in [0.15, 0.2) is 0 Å². The minimum absolute atomic E-state index is 0.00163. The van der Waals surface area contributed by atoms with Gasteiger partial charge in [0.1, 0.15) is 11.9 Å². The molecule has 1 aliphatic heterocycles. The second-order valence-electron chi connectivity index (χ2n) is 9.04. The molecule has 1 unspecified atom stereocenters. The van der Waals surface area contributed by atoms with Crippen LogP contribution in [0.1, 0.15) is 53.9 Å². The molecule has 4 nitrogen and oxygen atoms in total. The number of carboxylic acid groups (broad SMARTS) is 1. The fraction of sp³-hybridized carbons (Fsp3) is 0.480. The number of alkyl halides is 3. The molecule has 0 spiro atoms. The Morgan fingerprint density at radius 1 is 1.19 bits per heavy atom. The Morgan fingerprint density at radius 2 is 1.97 bits per heavy atom. The van der Waals surface area contributed by atoms with Crippen LogP contribution in [0.2, 0.25) is 0 Å². The van der Waals surface area contributed by atoms with Gasteiger partial charge < -0.3 is 9.84 Å². The smallest absolute Gasteiger partial charge is 0.416 e. The second kappa shape index (κ2) is 9.14. The number of hydrogen-bond acceptors (Lipinski definition) is 3. The lowest BCUT2D eigenvalue weighted by Crippen LogP contribution is -2.26. The first-order valence-electron chi connectivity index (χ1n) is 11.1. The van der Waals surface area contributed by atoms with E-state index in [4.69, 9.17) is 4.74 Å². The number of rotatable bonds is 8. The summed E-state index contributed by atoms with van der Waals surface area (Å²) in [5.74, 6) is 0.310. The van der Waals surface area contributed by atoms with Gasteiger partial charge in [-0.3, -0.25) is 9.69 Å². The summed E-state index contributed by atoms with van der Waals surface area (Å²) in [6.45, 7) is 3.25. The number of benzene rings is 2. The van der Waals surface area contributed by atoms with E-state index in [0.29, 0.717) is 30.3 Å². The fourth-order valence-electron chi connectivity index (χ4n) is 4.66. The zero-order chi connectivity index (χ0) is 22.9. The molecule has 1 aliphatic carbocycles. The first kappa shape index (κ1) is 22.6. The van der Waals surface area contributed by atoms with E-state index in [2.05, 4.69) is 0 Å². The van der Waals surface area contributed by atoms with Crippen LogP contribution < -0.4 is 4.74 Å². The Bertz CT molecular complexity index is 971. The third-order valence-electron chi connectivity index (χ3n) is 6.36. The quantitative estimate of drug-likeness (QED) is 0.569. The van der Waals surface area contributed by atoms with Gasteiger partial charge in [-0.25, -0.2) is 0 Å². The summed E-state index contributed by atoms with van der Waals surface area (Å²) in [4.78, 5) is 13.3. The highest BCUT2D eigenvalue weighted by molar-refractivity contribution is 5.68. The van der Waals surface area contributed by atoms with Crippen LogP contribution in [0.5, 0.6) is 5.75 Å². The van der Waals surface area contributed by atoms with E-state index >= 15 is 0 Å². The summed E-state index contributed by atoms with van der Waals surface area (Å²) in [5, 5.41) is 9.25. The molecule has 2 aromatic rings. The van der Waals surface area contributed by atoms with Crippen LogP contribution >= 0.6 is 0 Å². The third kappa shape index (κ3) is 5.63. The fourth-order valence-corrected chi connectivity index (χ4v) is 4.66. The van der Waals surface area contributed by atoms with Crippen molar-refractivity contribution < 1.29 is 27.8 Å². The molecule has 1 heterocycles. The van der Waals surface area contributed by atoms with E-state index in [1.807, 2.05) is 29.2 Å². The SMILES string of the molecule is Cc1ccc(C(F)(F)F)c(CN2CCC(Oc3cccc([C@@H](CC(=O)O)C4CC4)c3)C2)c1. The zero-order valence-corrected chi connectivity index (χ0v) is 18.1. The number of nitrogens with zero attached hydrogens (tertiary/aromatic N) is 1. The van der Waals surface area contributed by atoms with Gasteiger partial charge >= 0.3 is 12.1 Å². The second-order valence-corrected chi connectivity index (χ2v) is 9.04. The number of likely N-dealkylation sites (tertiary alicyclic amines) is 1. The number of halogens is 3. The van der Waals surface area contributed by atoms with Crippen molar-refractivity contribution in [3.05, 3.63) is 64.7 Å². The van der Waals surface area contributed by atoms with Gasteiger partial charge in [-0.2, -0.15) is 13.2 Å². The highest BCUT2D eigenvalue weighted by Gasteiger charge is 2.35. The Hall–Kier alpha value is -2.54. The van der Waals surface area contributed by atoms with Crippen LogP contribution in [-0.4, -0.2) is 35.2 Å². The van der Waals surface area contributed by atoms with Crippen molar-refractivity contribution in [2.75, 3.05) is 13.1 Å². The molecular formula is C25H28F3NO3. The van der Waals surface area contributed by atoms with Crippen molar-refractivity contribution in [1.29, 1.82) is 0 Å². The summed E-state index contributed by atoms with van der Waals surface area (Å²) < 4.78 is 46.3. The number of carboxylic acids is 1. The first-order chi connectivity index (χ1) is 15.2. The first-order valence-corrected chi connectivity index (χ1v) is 11.1. The molecule has 2 aromatic carbocycles. The molecule has 1 saturated heterocycles. The summed E-state index contributed by atoms with van der Waals surface area (Å²) in [7, 11) is 0. The van der Waals surface area contributed by atoms with Crippen LogP contribution in [0.4, 0.5) is 13.2 Å². The molecule has 32 heavy (non-hydrogen) atoms. The molecule has 4 rings (SSSR count). The van der Waals surface area contributed by atoms with Gasteiger partial charge in [-0.15, -0.1) is 0 Å². The van der Waals surface area contributed by atoms with E-state index in [-0.39, 0.29) is 25.0 Å². The van der Waals surface area contributed by atoms with Crippen LogP contribution in [-0.2, 0) is 17.5 Å². The van der Waals surface area contributed by atoms with Gasteiger partial charge in [0.2, 0.25) is 0 Å². The lowest BCUT2D eigenvalue weighted by atomic mass is 9.91. The number of carbonyl (C=O) groups is 1. The van der Waals surface area contributed by atoms with Crippen LogP contribution in [0.25, 0.3) is 0 Å². The lowest BCUT2D eigenvalue weighted by Gasteiger charge is -2.21. The molecule has 2 atom stereocenters. The van der Waals surface area contributed by atoms with Gasteiger partial charge in [0, 0.05) is 19.6 Å². The lowest BCUT2D eigenvalue weighted by molar-refractivity contribution is -0.139. The Morgan fingerprint density at radius 3 is 2.66 bits per heavy atom. The van der Waals surface area contributed by atoms with Gasteiger partial charge in [0.25, 0.3) is 0 Å². The largest absolute Gasteiger partial charge is 0.489 e. The monoisotopic (exact) mass is 447 g/mol. The number of hydrogen-bond donors (Lipinski definition) is 1. The molecule has 0 bridgehead atoms. The van der Waals surface area contributed by atoms with Crippen molar-refractivity contribution in [3.63, 3.8) is 0 Å². The molecule has 0 radical (unpaired) electrons. The van der Waals surface area contributed by atoms with Gasteiger partial charge in [-0.1, -0.05) is 29.8 Å². The average molecular weight is 447 g/mol. The number of ether oxygens (including phenoxy) is 1. The highest BCUT2D eigenvalue weighted by Crippen LogP contribution is 2.45. The van der Waals surface area contributed by atoms with Crippen molar-refractivity contribution in [2.24, 2.45) is 5.92 Å². The van der Waals surface area contributed by atoms with E-state index in [0.717, 1.165) is 36.5 Å². The molecule has 172 valence electrons. The van der Waals surface area contributed by atoms with E-state index in [9.17, 15) is 23.1 Å². The normalized spacial score (nSPS) is 20.3. The molecule has 2 aliphatic rings. The summed E-state index contributed by atoms with van der Waals surface area (Å²) in [5.41, 5.74) is 1.51. The molecule has 7 heteroatoms. The standard InChI is InChI=1S/C25H28F3NO3/c1-16-5-8-23(25(26,27)28)19(11-16)14-29-10-9-21(15-29)32-20-4-2-3-18(12-20)22(13-24(30)31)17-6-7-17/h2-5,8,11-12,17,21-22H,6-7,9-10,13-15H2,1H3,(H,30,31)/t21?,22-/m0/s1. The molecule has 2 fully saturated rings. The van der Waals surface area contributed by atoms with Crippen molar-refractivity contribution >= 4 is 5.97 Å². The maximum Gasteiger partial charge on any atom is 0.416 e. The van der Waals surface area contributed by atoms with Gasteiger partial charge in [-0.05, 0) is 67.3 Å². The van der Waals surface area contributed by atoms with Crippen LogP contribution in [0, 0.1) is 12.8 Å². The maximum atomic E-state index is 13.4. The Balaban J connectivity index is 1.40. The van der Waals surface area contributed by atoms with E-state index in [1.165, 1.54) is 6.07 Å². The molecule has 1 N–H and O–H groups in total. The van der Waals surface area contributed by atoms with Crippen molar-refractivity contribution in [2.45, 2.75) is 57.3 Å². The van der Waals surface area contributed by atoms with Gasteiger partial charge in [0.05, 0.1) is 12.0 Å². The minimum Gasteiger partial charge on any atom is -0.489 e. The predicted molar refractivity (Wildman–Crippen MR) is 115 cm³/mol. The zero-order valence-electron chi connectivity index (χ0n) is 18.1. The summed E-state index contributed by atoms with van der Waals surface area (Å²) in [6, 6.07) is 11.9. The third-order valence-corrected chi connectivity index (χ3v) is 6.36. The maximum absolute atomic E-state index is 13.4. The minimum atomic E-state index is -4.37. The number of aliphatic carboxylic acids is 1. The summed E-state index contributed by atoms with van der Waals surface area (Å²) in [6.07, 6.45) is -1.52. The van der Waals surface area contributed by atoms with Crippen molar-refractivity contribution in [3.8, 4) is 5.75 Å². The molecule has 0 amide bonds. The topological polar surface area (TPSA) is 49.8 Å². The highest BCUT2D eigenvalue weighted by atomic mass is 19.4. The predicted octanol–water partition coefficient (Wildman–Crippen LogP) is 5.64. The van der Waals surface area contributed by atoms with E-state index in [1.54, 1.807) is 13.0 Å². The Labute approximate surface area is 186 Å². The molecule has 0 aromatic heterocycles. The summed E-state index contributed by atoms with van der Waals surface area (Å²) >= 11 is 0. The Kier molecular flexibility index (Phi) is 6.47. The van der Waals surface area contributed by atoms with E-state index < -0.39 is 17.7 Å². The van der Waals surface area contributed by atoms with Crippen molar-refractivity contribution in [1.82, 2.24) is 4.90 Å². The van der Waals surface area contributed by atoms with Crippen LogP contribution in [0.15, 0.2) is 42.5 Å². The van der Waals surface area contributed by atoms with Crippen LogP contribution in [0.3, 0.4) is 0 Å².